The average Bonchev–Trinajstić information content (AvgIpc) is 3.24. The van der Waals surface area contributed by atoms with E-state index in [0.29, 0.717) is 12.2 Å². The number of thiocarbonyl (C=S) groups is 1. The normalized spacial score (nSPS) is 15.2. The zero-order chi connectivity index (χ0) is 24.6. The lowest BCUT2D eigenvalue weighted by molar-refractivity contribution is -0.122. The lowest BCUT2D eigenvalue weighted by Crippen LogP contribution is -2.54. The maximum absolute atomic E-state index is 13.7. The van der Waals surface area contributed by atoms with Gasteiger partial charge in [-0.2, -0.15) is 0 Å². The van der Waals surface area contributed by atoms with Gasteiger partial charge in [-0.3, -0.25) is 19.8 Å². The predicted octanol–water partition coefficient (Wildman–Crippen LogP) is 5.67. The van der Waals surface area contributed by atoms with E-state index in [1.165, 1.54) is 4.90 Å². The Bertz CT molecular complexity index is 1700. The van der Waals surface area contributed by atoms with E-state index >= 15 is 0 Å². The van der Waals surface area contributed by atoms with Crippen LogP contribution in [0.15, 0.2) is 109 Å². The van der Waals surface area contributed by atoms with Crippen LogP contribution in [0.4, 0.5) is 5.69 Å². The monoisotopic (exact) mass is 487 g/mol. The Hall–Kier alpha value is -4.55. The lowest BCUT2D eigenvalue weighted by Gasteiger charge is -2.29. The molecule has 1 N–H and O–H groups in total. The third kappa shape index (κ3) is 3.78. The molecule has 0 atom stereocenters. The van der Waals surface area contributed by atoms with E-state index in [-0.39, 0.29) is 10.7 Å². The Balaban J connectivity index is 1.45. The largest absolute Gasteiger partial charge is 0.342 e. The van der Waals surface area contributed by atoms with Crippen LogP contribution in [0.3, 0.4) is 0 Å². The molecule has 0 radical (unpaired) electrons. The molecule has 36 heavy (non-hydrogen) atoms. The second kappa shape index (κ2) is 8.91. The van der Waals surface area contributed by atoms with Crippen LogP contribution >= 0.6 is 12.2 Å². The minimum absolute atomic E-state index is 0.0409. The Morgan fingerprint density at radius 1 is 0.778 bits per heavy atom. The molecule has 6 heteroatoms. The van der Waals surface area contributed by atoms with Crippen molar-refractivity contribution in [2.45, 2.75) is 6.54 Å². The molecule has 0 unspecified atom stereocenters. The molecule has 5 nitrogen and oxygen atoms in total. The van der Waals surface area contributed by atoms with Crippen molar-refractivity contribution in [1.82, 2.24) is 9.88 Å². The number of anilines is 1. The molecular formula is C30H21N3O2S. The van der Waals surface area contributed by atoms with Crippen LogP contribution in [-0.4, -0.2) is 21.5 Å². The highest BCUT2D eigenvalue weighted by atomic mass is 32.1. The Kier molecular flexibility index (Phi) is 5.43. The molecule has 0 bridgehead atoms. The average molecular weight is 488 g/mol. The van der Waals surface area contributed by atoms with Gasteiger partial charge >= 0.3 is 0 Å². The van der Waals surface area contributed by atoms with Crippen LogP contribution in [-0.2, 0) is 16.1 Å². The number of para-hydroxylation sites is 1. The summed E-state index contributed by atoms with van der Waals surface area (Å²) < 4.78 is 2.13. The molecule has 1 aromatic heterocycles. The van der Waals surface area contributed by atoms with Gasteiger partial charge in [0.05, 0.1) is 5.69 Å². The van der Waals surface area contributed by atoms with Crippen LogP contribution in [0.5, 0.6) is 0 Å². The predicted molar refractivity (Wildman–Crippen MR) is 148 cm³/mol. The summed E-state index contributed by atoms with van der Waals surface area (Å²) >= 11 is 5.44. The fraction of sp³-hybridized carbons (Fsp3) is 0.0333. The molecule has 0 spiro atoms. The standard InChI is InChI=1S/C30H21N3O2S/c34-28-25(29(35)33(30(36)31-28)27-16-8-12-21-11-4-5-13-23(21)27)17-22-19-32(18-20-9-2-1-3-10-20)26-15-7-6-14-24(22)26/h1-17,19H,18H2,(H,31,34,36)/b25-17+. The van der Waals surface area contributed by atoms with Crippen molar-refractivity contribution in [3.05, 3.63) is 120 Å². The van der Waals surface area contributed by atoms with Crippen molar-refractivity contribution in [1.29, 1.82) is 0 Å². The topological polar surface area (TPSA) is 54.3 Å². The molecule has 2 heterocycles. The number of carbonyl (C=O) groups is 2. The Morgan fingerprint density at radius 2 is 1.47 bits per heavy atom. The first kappa shape index (κ1) is 21.9. The smallest absolute Gasteiger partial charge is 0.270 e. The van der Waals surface area contributed by atoms with E-state index in [4.69, 9.17) is 12.2 Å². The van der Waals surface area contributed by atoms with Crippen LogP contribution in [0.25, 0.3) is 27.8 Å². The zero-order valence-electron chi connectivity index (χ0n) is 19.2. The van der Waals surface area contributed by atoms with E-state index in [1.807, 2.05) is 91.1 Å². The molecular weight excluding hydrogens is 466 g/mol. The highest BCUT2D eigenvalue weighted by Crippen LogP contribution is 2.31. The van der Waals surface area contributed by atoms with Crippen molar-refractivity contribution in [3.8, 4) is 0 Å². The van der Waals surface area contributed by atoms with Gasteiger partial charge < -0.3 is 4.57 Å². The summed E-state index contributed by atoms with van der Waals surface area (Å²) in [6, 6.07) is 31.6. The van der Waals surface area contributed by atoms with Gasteiger partial charge in [-0.1, -0.05) is 84.9 Å². The molecule has 5 aromatic rings. The Labute approximate surface area is 213 Å². The third-order valence-corrected chi connectivity index (χ3v) is 6.71. The molecule has 1 aliphatic rings. The van der Waals surface area contributed by atoms with Crippen LogP contribution in [0.1, 0.15) is 11.1 Å². The first-order valence-electron chi connectivity index (χ1n) is 11.6. The van der Waals surface area contributed by atoms with Gasteiger partial charge in [0.2, 0.25) is 0 Å². The summed E-state index contributed by atoms with van der Waals surface area (Å²) in [5.74, 6) is -0.943. The second-order valence-electron chi connectivity index (χ2n) is 8.67. The van der Waals surface area contributed by atoms with Crippen molar-refractivity contribution in [2.75, 3.05) is 4.90 Å². The number of benzene rings is 4. The number of hydrogen-bond donors (Lipinski definition) is 1. The van der Waals surface area contributed by atoms with E-state index in [9.17, 15) is 9.59 Å². The SMILES string of the molecule is O=C1NC(=S)N(c2cccc3ccccc23)C(=O)/C1=C/c1cn(Cc2ccccc2)c2ccccc12. The van der Waals surface area contributed by atoms with Gasteiger partial charge in [-0.15, -0.1) is 0 Å². The van der Waals surface area contributed by atoms with Crippen LogP contribution < -0.4 is 10.2 Å². The number of hydrogen-bond acceptors (Lipinski definition) is 3. The number of fused-ring (bicyclic) bond motifs is 2. The number of amides is 2. The summed E-state index contributed by atoms with van der Waals surface area (Å²) in [6.07, 6.45) is 3.65. The zero-order valence-corrected chi connectivity index (χ0v) is 20.0. The maximum atomic E-state index is 13.7. The van der Waals surface area contributed by atoms with E-state index < -0.39 is 11.8 Å². The first-order chi connectivity index (χ1) is 17.6. The summed E-state index contributed by atoms with van der Waals surface area (Å²) in [7, 11) is 0. The van der Waals surface area contributed by atoms with Gasteiger partial charge in [0.15, 0.2) is 5.11 Å². The Morgan fingerprint density at radius 3 is 2.31 bits per heavy atom. The third-order valence-electron chi connectivity index (χ3n) is 6.42. The number of nitrogens with zero attached hydrogens (tertiary/aromatic N) is 2. The summed E-state index contributed by atoms with van der Waals surface area (Å²) in [5.41, 5.74) is 3.67. The second-order valence-corrected chi connectivity index (χ2v) is 9.06. The fourth-order valence-corrected chi connectivity index (χ4v) is 5.01. The molecule has 1 fully saturated rings. The number of nitrogens with one attached hydrogen (secondary N) is 1. The molecule has 1 aliphatic heterocycles. The summed E-state index contributed by atoms with van der Waals surface area (Å²) in [4.78, 5) is 28.1. The van der Waals surface area contributed by atoms with Crippen molar-refractivity contribution in [3.63, 3.8) is 0 Å². The lowest BCUT2D eigenvalue weighted by atomic mass is 10.0. The molecule has 174 valence electrons. The highest BCUT2D eigenvalue weighted by molar-refractivity contribution is 7.80. The van der Waals surface area contributed by atoms with Crippen molar-refractivity contribution < 1.29 is 9.59 Å². The minimum atomic E-state index is -0.499. The molecule has 0 aliphatic carbocycles. The fourth-order valence-electron chi connectivity index (χ4n) is 4.74. The van der Waals surface area contributed by atoms with Gasteiger partial charge in [0.1, 0.15) is 5.57 Å². The number of aromatic nitrogens is 1. The number of rotatable bonds is 4. The van der Waals surface area contributed by atoms with Gasteiger partial charge in [0, 0.05) is 34.6 Å². The van der Waals surface area contributed by atoms with E-state index in [0.717, 1.165) is 32.8 Å². The molecule has 0 saturated carbocycles. The van der Waals surface area contributed by atoms with E-state index in [1.54, 1.807) is 6.08 Å². The van der Waals surface area contributed by atoms with Crippen LogP contribution in [0, 0.1) is 0 Å². The molecule has 4 aromatic carbocycles. The first-order valence-corrected chi connectivity index (χ1v) is 12.0. The van der Waals surface area contributed by atoms with Crippen LogP contribution in [0.2, 0.25) is 0 Å². The minimum Gasteiger partial charge on any atom is -0.342 e. The van der Waals surface area contributed by atoms with Crippen molar-refractivity contribution in [2.24, 2.45) is 0 Å². The highest BCUT2D eigenvalue weighted by Gasteiger charge is 2.35. The summed E-state index contributed by atoms with van der Waals surface area (Å²) in [5, 5.41) is 5.61. The van der Waals surface area contributed by atoms with Gasteiger partial charge in [0.25, 0.3) is 11.8 Å². The molecule has 1 saturated heterocycles. The van der Waals surface area contributed by atoms with Gasteiger partial charge in [-0.05, 0) is 41.4 Å². The summed E-state index contributed by atoms with van der Waals surface area (Å²) in [6.45, 7) is 0.677. The van der Waals surface area contributed by atoms with Crippen molar-refractivity contribution >= 4 is 62.6 Å². The molecule has 2 amide bonds. The maximum Gasteiger partial charge on any atom is 0.270 e. The van der Waals surface area contributed by atoms with E-state index in [2.05, 4.69) is 22.0 Å². The molecule has 6 rings (SSSR count). The number of carbonyl (C=O) groups excluding carboxylic acids is 2. The van der Waals surface area contributed by atoms with Gasteiger partial charge in [-0.25, -0.2) is 0 Å². The quantitative estimate of drug-likeness (QED) is 0.202.